The van der Waals surface area contributed by atoms with Crippen molar-refractivity contribution in [2.75, 3.05) is 5.32 Å². The highest BCUT2D eigenvalue weighted by atomic mass is 19.4. The zero-order valence-corrected chi connectivity index (χ0v) is 20.3. The van der Waals surface area contributed by atoms with Crippen LogP contribution in [0.5, 0.6) is 5.75 Å². The van der Waals surface area contributed by atoms with E-state index in [4.69, 9.17) is 0 Å². The van der Waals surface area contributed by atoms with Crippen LogP contribution in [0.15, 0.2) is 101 Å². The number of hydrogen-bond acceptors (Lipinski definition) is 5. The van der Waals surface area contributed by atoms with Gasteiger partial charge in [-0.2, -0.15) is 18.3 Å². The molecule has 3 heterocycles. The minimum Gasteiger partial charge on any atom is -0.508 e. The lowest BCUT2D eigenvalue weighted by Crippen LogP contribution is -2.32. The van der Waals surface area contributed by atoms with Crippen LogP contribution in [0.25, 0.3) is 0 Å². The maximum atomic E-state index is 13.4. The molecule has 1 atom stereocenters. The summed E-state index contributed by atoms with van der Waals surface area (Å²) < 4.78 is 39.9. The van der Waals surface area contributed by atoms with Crippen LogP contribution in [0.4, 0.5) is 23.7 Å². The Bertz CT molecular complexity index is 1580. The zero-order valence-electron chi connectivity index (χ0n) is 20.3. The van der Waals surface area contributed by atoms with E-state index >= 15 is 0 Å². The highest BCUT2D eigenvalue weighted by molar-refractivity contribution is 6.04. The number of hydrazone groups is 1. The Labute approximate surface area is 220 Å². The number of benzene rings is 2. The van der Waals surface area contributed by atoms with Crippen LogP contribution < -0.4 is 10.9 Å². The van der Waals surface area contributed by atoms with Crippen LogP contribution in [0.3, 0.4) is 0 Å². The van der Waals surface area contributed by atoms with Gasteiger partial charge in [-0.25, -0.2) is 9.80 Å². The Morgan fingerprint density at radius 1 is 1.03 bits per heavy atom. The summed E-state index contributed by atoms with van der Waals surface area (Å²) in [7, 11) is 0. The molecule has 0 saturated heterocycles. The molecular weight excluding hydrogens is 511 g/mol. The van der Waals surface area contributed by atoms with Gasteiger partial charge in [0.25, 0.3) is 5.56 Å². The van der Waals surface area contributed by atoms with E-state index in [0.717, 1.165) is 17.7 Å². The normalized spacial score (nSPS) is 15.2. The molecule has 1 aliphatic heterocycles. The standard InChI is InChI=1S/C28H22F3N5O3/c29-28(30,31)20-9-7-18(8-10-20)16-35-17-21(11-12-26(35)38)33-27(39)36-24(22-5-1-2-6-25(22)37)14-23(34-36)19-4-3-13-32-15-19/h1-13,15,17,24,37H,14,16H2,(H,33,39). The summed E-state index contributed by atoms with van der Waals surface area (Å²) in [5, 5.41) is 18.9. The van der Waals surface area contributed by atoms with Crippen LogP contribution in [0.1, 0.15) is 34.7 Å². The number of rotatable bonds is 5. The first-order valence-corrected chi connectivity index (χ1v) is 11.9. The van der Waals surface area contributed by atoms with Gasteiger partial charge in [0.15, 0.2) is 0 Å². The van der Waals surface area contributed by atoms with Crippen LogP contribution >= 0.6 is 0 Å². The minimum absolute atomic E-state index is 0.00815. The number of alkyl halides is 3. The van der Waals surface area contributed by atoms with Gasteiger partial charge in [-0.15, -0.1) is 0 Å². The second-order valence-electron chi connectivity index (χ2n) is 8.92. The fraction of sp³-hybridized carbons (Fsp3) is 0.143. The van der Waals surface area contributed by atoms with E-state index in [1.165, 1.54) is 46.1 Å². The molecule has 2 N–H and O–H groups in total. The monoisotopic (exact) mass is 533 g/mol. The summed E-state index contributed by atoms with van der Waals surface area (Å²) in [6.45, 7) is 0.00815. The highest BCUT2D eigenvalue weighted by Crippen LogP contribution is 2.37. The molecule has 2 amide bonds. The quantitative estimate of drug-likeness (QED) is 0.359. The molecule has 0 fully saturated rings. The van der Waals surface area contributed by atoms with E-state index in [-0.39, 0.29) is 18.0 Å². The average molecular weight is 534 g/mol. The van der Waals surface area contributed by atoms with Crippen molar-refractivity contribution in [2.45, 2.75) is 25.2 Å². The number of pyridine rings is 2. The molecular formula is C28H22F3N5O3. The number of para-hydroxylation sites is 1. The predicted molar refractivity (Wildman–Crippen MR) is 138 cm³/mol. The SMILES string of the molecule is O=C(Nc1ccc(=O)n(Cc2ccc(C(F)(F)F)cc2)c1)N1N=C(c2cccnc2)CC1c1ccccc1O. The Morgan fingerprint density at radius 2 is 1.79 bits per heavy atom. The zero-order chi connectivity index (χ0) is 27.6. The van der Waals surface area contributed by atoms with E-state index in [2.05, 4.69) is 15.4 Å². The van der Waals surface area contributed by atoms with Crippen LogP contribution in [0, 0.1) is 0 Å². The fourth-order valence-corrected chi connectivity index (χ4v) is 4.32. The third-order valence-electron chi connectivity index (χ3n) is 6.28. The summed E-state index contributed by atoms with van der Waals surface area (Å²) in [5.41, 5.74) is 1.46. The minimum atomic E-state index is -4.46. The van der Waals surface area contributed by atoms with Crippen molar-refractivity contribution in [1.29, 1.82) is 0 Å². The van der Waals surface area contributed by atoms with Crippen molar-refractivity contribution in [3.63, 3.8) is 0 Å². The number of aromatic nitrogens is 2. The van der Waals surface area contributed by atoms with E-state index in [9.17, 15) is 27.9 Å². The maximum absolute atomic E-state index is 13.4. The van der Waals surface area contributed by atoms with Gasteiger partial charge >= 0.3 is 12.2 Å². The molecule has 1 unspecified atom stereocenters. The predicted octanol–water partition coefficient (Wildman–Crippen LogP) is 5.40. The summed E-state index contributed by atoms with van der Waals surface area (Å²) in [5.74, 6) is 0.0213. The number of phenols is 1. The first kappa shape index (κ1) is 25.7. The molecule has 8 nitrogen and oxygen atoms in total. The van der Waals surface area contributed by atoms with Crippen LogP contribution in [-0.4, -0.2) is 31.4 Å². The van der Waals surface area contributed by atoms with Crippen LogP contribution in [0.2, 0.25) is 0 Å². The molecule has 5 rings (SSSR count). The number of aromatic hydroxyl groups is 1. The van der Waals surface area contributed by atoms with Crippen molar-refractivity contribution in [3.05, 3.63) is 124 Å². The molecule has 0 spiro atoms. The lowest BCUT2D eigenvalue weighted by Gasteiger charge is -2.23. The van der Waals surface area contributed by atoms with Crippen molar-refractivity contribution >= 4 is 17.4 Å². The number of amides is 2. The van der Waals surface area contributed by atoms with E-state index in [0.29, 0.717) is 23.3 Å². The van der Waals surface area contributed by atoms with Gasteiger partial charge in [0.1, 0.15) is 5.75 Å². The maximum Gasteiger partial charge on any atom is 0.416 e. The van der Waals surface area contributed by atoms with Gasteiger partial charge in [-0.1, -0.05) is 36.4 Å². The van der Waals surface area contributed by atoms with E-state index < -0.39 is 29.4 Å². The first-order chi connectivity index (χ1) is 18.7. The summed E-state index contributed by atoms with van der Waals surface area (Å²) in [6, 6.07) is 16.3. The van der Waals surface area contributed by atoms with Gasteiger partial charge in [-0.3, -0.25) is 9.78 Å². The smallest absolute Gasteiger partial charge is 0.416 e. The number of urea groups is 1. The molecule has 0 saturated carbocycles. The molecule has 39 heavy (non-hydrogen) atoms. The number of carbonyl (C=O) groups is 1. The molecule has 2 aromatic heterocycles. The van der Waals surface area contributed by atoms with E-state index in [1.807, 2.05) is 6.07 Å². The first-order valence-electron chi connectivity index (χ1n) is 11.9. The number of nitrogens with zero attached hydrogens (tertiary/aromatic N) is 4. The summed E-state index contributed by atoms with van der Waals surface area (Å²) in [6.07, 6.45) is 0.560. The van der Waals surface area contributed by atoms with E-state index in [1.54, 1.807) is 36.7 Å². The number of nitrogens with one attached hydrogen (secondary N) is 1. The lowest BCUT2D eigenvalue weighted by molar-refractivity contribution is -0.137. The second kappa shape index (κ2) is 10.4. The van der Waals surface area contributed by atoms with Gasteiger partial charge in [0, 0.05) is 42.2 Å². The Kier molecular flexibility index (Phi) is 6.88. The van der Waals surface area contributed by atoms with Gasteiger partial charge < -0.3 is 15.0 Å². The molecule has 2 aromatic carbocycles. The average Bonchev–Trinajstić information content (AvgIpc) is 3.37. The highest BCUT2D eigenvalue weighted by Gasteiger charge is 2.35. The van der Waals surface area contributed by atoms with Crippen molar-refractivity contribution in [3.8, 4) is 5.75 Å². The summed E-state index contributed by atoms with van der Waals surface area (Å²) >= 11 is 0. The van der Waals surface area contributed by atoms with Gasteiger partial charge in [-0.05, 0) is 35.9 Å². The number of anilines is 1. The number of halogens is 3. The van der Waals surface area contributed by atoms with Crippen molar-refractivity contribution in [2.24, 2.45) is 5.10 Å². The second-order valence-corrected chi connectivity index (χ2v) is 8.92. The molecule has 0 radical (unpaired) electrons. The lowest BCUT2D eigenvalue weighted by atomic mass is 9.98. The summed E-state index contributed by atoms with van der Waals surface area (Å²) in [4.78, 5) is 29.9. The fourth-order valence-electron chi connectivity index (χ4n) is 4.32. The molecule has 1 aliphatic rings. The topological polar surface area (TPSA) is 99.8 Å². The number of carbonyl (C=O) groups excluding carboxylic acids is 1. The molecule has 0 aliphatic carbocycles. The Balaban J connectivity index is 1.39. The molecule has 4 aromatic rings. The number of hydrogen-bond donors (Lipinski definition) is 2. The molecule has 11 heteroatoms. The molecule has 198 valence electrons. The number of phenolic OH excluding ortho intramolecular Hbond substituents is 1. The van der Waals surface area contributed by atoms with Crippen LogP contribution in [-0.2, 0) is 12.7 Å². The Hall–Kier alpha value is -4.93. The largest absolute Gasteiger partial charge is 0.508 e. The van der Waals surface area contributed by atoms with Crippen molar-refractivity contribution < 1.29 is 23.1 Å². The van der Waals surface area contributed by atoms with Crippen molar-refractivity contribution in [1.82, 2.24) is 14.6 Å². The third kappa shape index (κ3) is 5.66. The van der Waals surface area contributed by atoms with Gasteiger partial charge in [0.05, 0.1) is 29.5 Å². The molecule has 0 bridgehead atoms. The Morgan fingerprint density at radius 3 is 2.49 bits per heavy atom. The third-order valence-corrected chi connectivity index (χ3v) is 6.28. The van der Waals surface area contributed by atoms with Gasteiger partial charge in [0.2, 0.25) is 0 Å².